The Balaban J connectivity index is 1.96. The Morgan fingerprint density at radius 3 is 2.83 bits per heavy atom. The maximum Gasteiger partial charge on any atom is 0.127 e. The van der Waals surface area contributed by atoms with Crippen LogP contribution >= 0.6 is 11.6 Å². The Hall–Kier alpha value is -0.600. The van der Waals surface area contributed by atoms with Gasteiger partial charge in [0.2, 0.25) is 0 Å². The normalized spacial score (nSPS) is 16.8. The Kier molecular flexibility index (Phi) is 5.02. The van der Waals surface area contributed by atoms with E-state index < -0.39 is 0 Å². The summed E-state index contributed by atoms with van der Waals surface area (Å²) in [5.41, 5.74) is 0.772. The van der Waals surface area contributed by atoms with Crippen LogP contribution in [0.2, 0.25) is 5.02 Å². The topological polar surface area (TPSA) is 12.0 Å². The molecule has 3 heteroatoms. The van der Waals surface area contributed by atoms with Crippen LogP contribution < -0.4 is 5.32 Å². The molecule has 1 atom stereocenters. The molecule has 18 heavy (non-hydrogen) atoms. The number of halogens is 2. The van der Waals surface area contributed by atoms with Gasteiger partial charge in [-0.2, -0.15) is 0 Å². The molecule has 0 spiro atoms. The quantitative estimate of drug-likeness (QED) is 0.783. The smallest absolute Gasteiger partial charge is 0.127 e. The van der Waals surface area contributed by atoms with Crippen LogP contribution in [-0.4, -0.2) is 12.6 Å². The van der Waals surface area contributed by atoms with E-state index in [1.807, 2.05) is 6.07 Å². The lowest BCUT2D eigenvalue weighted by Gasteiger charge is -2.18. The summed E-state index contributed by atoms with van der Waals surface area (Å²) >= 11 is 5.78. The lowest BCUT2D eigenvalue weighted by Crippen LogP contribution is -2.32. The highest BCUT2D eigenvalue weighted by Crippen LogP contribution is 2.34. The minimum Gasteiger partial charge on any atom is -0.314 e. The van der Waals surface area contributed by atoms with Crippen LogP contribution in [0.25, 0.3) is 0 Å². The molecule has 1 aromatic carbocycles. The molecule has 1 aliphatic rings. The Bertz CT molecular complexity index is 390. The number of hydrogen-bond donors (Lipinski definition) is 1. The highest BCUT2D eigenvalue weighted by Gasteiger charge is 2.25. The van der Waals surface area contributed by atoms with Crippen LogP contribution in [0.1, 0.15) is 38.2 Å². The molecule has 0 amide bonds. The third-order valence-electron chi connectivity index (χ3n) is 3.48. The molecule has 0 bridgehead atoms. The van der Waals surface area contributed by atoms with Gasteiger partial charge in [0.05, 0.1) is 0 Å². The SMILES string of the molecule is CCCNC(Cc1ccc(Cl)cc1F)CC1CC1. The second kappa shape index (κ2) is 6.53. The lowest BCUT2D eigenvalue weighted by atomic mass is 10.0. The van der Waals surface area contributed by atoms with Crippen LogP contribution in [0.4, 0.5) is 4.39 Å². The molecule has 2 rings (SSSR count). The maximum absolute atomic E-state index is 13.8. The second-order valence-corrected chi connectivity index (χ2v) is 5.71. The summed E-state index contributed by atoms with van der Waals surface area (Å²) in [7, 11) is 0. The molecule has 1 N–H and O–H groups in total. The van der Waals surface area contributed by atoms with E-state index >= 15 is 0 Å². The summed E-state index contributed by atoms with van der Waals surface area (Å²) in [6.07, 6.45) is 5.73. The minimum atomic E-state index is -0.179. The van der Waals surface area contributed by atoms with Crippen LogP contribution in [0.3, 0.4) is 0 Å². The van der Waals surface area contributed by atoms with Crippen molar-refractivity contribution in [3.63, 3.8) is 0 Å². The first-order valence-corrected chi connectivity index (χ1v) is 7.24. The molecule has 0 saturated heterocycles. The lowest BCUT2D eigenvalue weighted by molar-refractivity contribution is 0.447. The van der Waals surface area contributed by atoms with E-state index in [2.05, 4.69) is 12.2 Å². The Morgan fingerprint density at radius 2 is 2.22 bits per heavy atom. The fourth-order valence-electron chi connectivity index (χ4n) is 2.30. The molecular weight excluding hydrogens is 249 g/mol. The van der Waals surface area contributed by atoms with Gasteiger partial charge >= 0.3 is 0 Å². The molecule has 100 valence electrons. The molecule has 1 unspecified atom stereocenters. The van der Waals surface area contributed by atoms with Gasteiger partial charge in [0, 0.05) is 11.1 Å². The summed E-state index contributed by atoms with van der Waals surface area (Å²) in [4.78, 5) is 0. The van der Waals surface area contributed by atoms with Crippen molar-refractivity contribution >= 4 is 11.6 Å². The van der Waals surface area contributed by atoms with Crippen LogP contribution in [0, 0.1) is 11.7 Å². The molecule has 0 aromatic heterocycles. The van der Waals surface area contributed by atoms with Gasteiger partial charge in [-0.15, -0.1) is 0 Å². The van der Waals surface area contributed by atoms with Crippen molar-refractivity contribution in [2.24, 2.45) is 5.92 Å². The van der Waals surface area contributed by atoms with Crippen molar-refractivity contribution in [1.82, 2.24) is 5.32 Å². The van der Waals surface area contributed by atoms with E-state index in [-0.39, 0.29) is 5.82 Å². The Labute approximate surface area is 114 Å². The third-order valence-corrected chi connectivity index (χ3v) is 3.71. The number of benzene rings is 1. The van der Waals surface area contributed by atoms with Crippen molar-refractivity contribution < 1.29 is 4.39 Å². The molecule has 0 heterocycles. The van der Waals surface area contributed by atoms with Crippen molar-refractivity contribution in [2.45, 2.75) is 45.1 Å². The number of nitrogens with one attached hydrogen (secondary N) is 1. The van der Waals surface area contributed by atoms with E-state index in [9.17, 15) is 4.39 Å². The third kappa shape index (κ3) is 4.25. The standard InChI is InChI=1S/C15H21ClFN/c1-2-7-18-14(8-11-3-4-11)9-12-5-6-13(16)10-15(12)17/h5-6,10-11,14,18H,2-4,7-9H2,1H3. The first kappa shape index (κ1) is 13.8. The summed E-state index contributed by atoms with van der Waals surface area (Å²) in [5, 5.41) is 4.00. The van der Waals surface area contributed by atoms with Crippen LogP contribution in [0.15, 0.2) is 18.2 Å². The van der Waals surface area contributed by atoms with Gasteiger partial charge in [0.1, 0.15) is 5.82 Å². The predicted octanol–water partition coefficient (Wildman–Crippen LogP) is 4.19. The summed E-state index contributed by atoms with van der Waals surface area (Å²) in [5.74, 6) is 0.677. The summed E-state index contributed by atoms with van der Waals surface area (Å²) < 4.78 is 13.8. The van der Waals surface area contributed by atoms with Crippen molar-refractivity contribution in [1.29, 1.82) is 0 Å². The van der Waals surface area contributed by atoms with E-state index in [4.69, 9.17) is 11.6 Å². The van der Waals surface area contributed by atoms with Crippen molar-refractivity contribution in [3.05, 3.63) is 34.6 Å². The summed E-state index contributed by atoms with van der Waals surface area (Å²) in [6, 6.07) is 5.39. The van der Waals surface area contributed by atoms with Crippen molar-refractivity contribution in [3.8, 4) is 0 Å². The number of hydrogen-bond acceptors (Lipinski definition) is 1. The van der Waals surface area contributed by atoms with Gasteiger partial charge in [-0.1, -0.05) is 37.4 Å². The molecule has 1 saturated carbocycles. The molecule has 1 aromatic rings. The van der Waals surface area contributed by atoms with Crippen molar-refractivity contribution in [2.75, 3.05) is 6.54 Å². The average molecular weight is 270 g/mol. The van der Waals surface area contributed by atoms with Gasteiger partial charge in [-0.3, -0.25) is 0 Å². The van der Waals surface area contributed by atoms with Gasteiger partial charge < -0.3 is 5.32 Å². The largest absolute Gasteiger partial charge is 0.314 e. The van der Waals surface area contributed by atoms with E-state index in [0.29, 0.717) is 11.1 Å². The molecule has 1 fully saturated rings. The first-order valence-electron chi connectivity index (χ1n) is 6.86. The van der Waals surface area contributed by atoms with E-state index in [1.165, 1.54) is 25.3 Å². The summed E-state index contributed by atoms with van der Waals surface area (Å²) in [6.45, 7) is 3.16. The van der Waals surface area contributed by atoms with Gasteiger partial charge in [0.15, 0.2) is 0 Å². The van der Waals surface area contributed by atoms with Gasteiger partial charge in [-0.25, -0.2) is 4.39 Å². The monoisotopic (exact) mass is 269 g/mol. The highest BCUT2D eigenvalue weighted by molar-refractivity contribution is 6.30. The van der Waals surface area contributed by atoms with E-state index in [0.717, 1.165) is 30.9 Å². The van der Waals surface area contributed by atoms with Gasteiger partial charge in [0.25, 0.3) is 0 Å². The zero-order valence-corrected chi connectivity index (χ0v) is 11.6. The fraction of sp³-hybridized carbons (Fsp3) is 0.600. The molecular formula is C15H21ClFN. The molecule has 1 aliphatic carbocycles. The molecule has 1 nitrogen and oxygen atoms in total. The molecule has 0 radical (unpaired) electrons. The second-order valence-electron chi connectivity index (χ2n) is 5.27. The average Bonchev–Trinajstić information content (AvgIpc) is 3.13. The zero-order valence-electron chi connectivity index (χ0n) is 10.9. The minimum absolute atomic E-state index is 0.179. The number of rotatable bonds is 7. The predicted molar refractivity (Wildman–Crippen MR) is 74.5 cm³/mol. The van der Waals surface area contributed by atoms with Crippen LogP contribution in [0.5, 0.6) is 0 Å². The van der Waals surface area contributed by atoms with Gasteiger partial charge in [-0.05, 0) is 49.4 Å². The molecule has 0 aliphatic heterocycles. The van der Waals surface area contributed by atoms with Crippen LogP contribution in [-0.2, 0) is 6.42 Å². The Morgan fingerprint density at radius 1 is 1.44 bits per heavy atom. The maximum atomic E-state index is 13.8. The fourth-order valence-corrected chi connectivity index (χ4v) is 2.45. The van der Waals surface area contributed by atoms with E-state index in [1.54, 1.807) is 6.07 Å². The highest BCUT2D eigenvalue weighted by atomic mass is 35.5. The zero-order chi connectivity index (χ0) is 13.0. The first-order chi connectivity index (χ1) is 8.69.